The molecular formula is C23H21NO4. The summed E-state index contributed by atoms with van der Waals surface area (Å²) in [5.74, 6) is -0.405. The highest BCUT2D eigenvalue weighted by Crippen LogP contribution is 2.37. The summed E-state index contributed by atoms with van der Waals surface area (Å²) in [7, 11) is 1.62. The van der Waals surface area contributed by atoms with Crippen LogP contribution in [0.1, 0.15) is 16.7 Å². The molecule has 0 bridgehead atoms. The number of oxime groups is 1. The van der Waals surface area contributed by atoms with Gasteiger partial charge in [0.05, 0.1) is 7.11 Å². The zero-order valence-electron chi connectivity index (χ0n) is 15.5. The minimum Gasteiger partial charge on any atom is -0.497 e. The number of methoxy groups -OCH3 is 1. The fourth-order valence-corrected chi connectivity index (χ4v) is 3.12. The molecule has 0 fully saturated rings. The number of aliphatic carboxylic acids is 1. The summed E-state index contributed by atoms with van der Waals surface area (Å²) in [4.78, 5) is 16.9. The molecule has 3 aromatic rings. The molecule has 0 spiro atoms. The van der Waals surface area contributed by atoms with Gasteiger partial charge in [-0.2, -0.15) is 0 Å². The van der Waals surface area contributed by atoms with Gasteiger partial charge in [-0.25, -0.2) is 4.79 Å². The maximum absolute atomic E-state index is 10.9. The van der Waals surface area contributed by atoms with Crippen molar-refractivity contribution in [1.29, 1.82) is 0 Å². The summed E-state index contributed by atoms with van der Waals surface area (Å²) >= 11 is 0. The summed E-state index contributed by atoms with van der Waals surface area (Å²) in [6.07, 6.45) is 1.22. The molecule has 0 unspecified atom stereocenters. The van der Waals surface area contributed by atoms with Gasteiger partial charge >= 0.3 is 5.97 Å². The minimum absolute atomic E-state index is 0.460. The van der Waals surface area contributed by atoms with E-state index in [2.05, 4.69) is 5.16 Å². The summed E-state index contributed by atoms with van der Waals surface area (Å²) < 4.78 is 5.24. The van der Waals surface area contributed by atoms with Gasteiger partial charge in [0.2, 0.25) is 0 Å². The van der Waals surface area contributed by atoms with Crippen LogP contribution in [0.3, 0.4) is 0 Å². The van der Waals surface area contributed by atoms with Gasteiger partial charge in [0, 0.05) is 17.5 Å². The third kappa shape index (κ3) is 4.38. The fraction of sp³-hybridized carbons (Fsp3) is 0.130. The molecule has 0 atom stereocenters. The Labute approximate surface area is 163 Å². The van der Waals surface area contributed by atoms with E-state index >= 15 is 0 Å². The van der Waals surface area contributed by atoms with Crippen LogP contribution in [-0.2, 0) is 21.7 Å². The Balaban J connectivity index is 2.12. The topological polar surface area (TPSA) is 68.1 Å². The Morgan fingerprint density at radius 2 is 1.46 bits per heavy atom. The molecule has 142 valence electrons. The molecule has 3 aromatic carbocycles. The molecule has 0 saturated heterocycles. The number of carboxylic acid groups (broad SMARTS) is 1. The van der Waals surface area contributed by atoms with E-state index in [1.807, 2.05) is 84.9 Å². The van der Waals surface area contributed by atoms with E-state index in [0.717, 1.165) is 28.7 Å². The van der Waals surface area contributed by atoms with Crippen molar-refractivity contribution in [3.8, 4) is 5.75 Å². The monoisotopic (exact) mass is 375 g/mol. The molecule has 0 saturated carbocycles. The predicted molar refractivity (Wildman–Crippen MR) is 108 cm³/mol. The molecule has 3 rings (SSSR count). The van der Waals surface area contributed by atoms with E-state index in [1.165, 1.54) is 0 Å². The van der Waals surface area contributed by atoms with Gasteiger partial charge in [-0.3, -0.25) is 0 Å². The first-order valence-corrected chi connectivity index (χ1v) is 8.82. The number of nitrogens with zero attached hydrogens (tertiary/aromatic N) is 1. The third-order valence-corrected chi connectivity index (χ3v) is 4.46. The van der Waals surface area contributed by atoms with Gasteiger partial charge in [0.15, 0.2) is 11.8 Å². The molecule has 0 aliphatic heterocycles. The SMILES string of the molecule is COc1ccc(CC(O/N=C/C(=O)O)(c2ccccc2)c2ccccc2)cc1. The summed E-state index contributed by atoms with van der Waals surface area (Å²) in [5.41, 5.74) is 1.77. The fourth-order valence-electron chi connectivity index (χ4n) is 3.12. The lowest BCUT2D eigenvalue weighted by Crippen LogP contribution is -2.32. The maximum Gasteiger partial charge on any atom is 0.350 e. The number of benzene rings is 3. The van der Waals surface area contributed by atoms with Crippen molar-refractivity contribution in [2.75, 3.05) is 7.11 Å². The number of carbonyl (C=O) groups is 1. The van der Waals surface area contributed by atoms with Crippen LogP contribution >= 0.6 is 0 Å². The van der Waals surface area contributed by atoms with Crippen molar-refractivity contribution in [3.63, 3.8) is 0 Å². The van der Waals surface area contributed by atoms with Crippen molar-refractivity contribution in [2.24, 2.45) is 5.16 Å². The molecule has 0 aromatic heterocycles. The molecule has 1 N–H and O–H groups in total. The Kier molecular flexibility index (Phi) is 6.07. The van der Waals surface area contributed by atoms with Crippen molar-refractivity contribution < 1.29 is 19.5 Å². The zero-order valence-corrected chi connectivity index (χ0v) is 15.5. The number of carboxylic acids is 1. The normalized spacial score (nSPS) is 11.3. The van der Waals surface area contributed by atoms with E-state index in [-0.39, 0.29) is 0 Å². The Morgan fingerprint density at radius 1 is 0.929 bits per heavy atom. The first-order chi connectivity index (χ1) is 13.6. The highest BCUT2D eigenvalue weighted by Gasteiger charge is 2.37. The van der Waals surface area contributed by atoms with Gasteiger partial charge < -0.3 is 14.7 Å². The van der Waals surface area contributed by atoms with Crippen molar-refractivity contribution >= 4 is 12.2 Å². The average Bonchev–Trinajstić information content (AvgIpc) is 2.74. The van der Waals surface area contributed by atoms with Gasteiger partial charge in [-0.05, 0) is 17.7 Å². The van der Waals surface area contributed by atoms with Crippen molar-refractivity contribution in [2.45, 2.75) is 12.0 Å². The molecule has 5 heteroatoms. The minimum atomic E-state index is -1.17. The van der Waals surface area contributed by atoms with E-state index in [0.29, 0.717) is 6.42 Å². The lowest BCUT2D eigenvalue weighted by atomic mass is 9.81. The van der Waals surface area contributed by atoms with E-state index in [4.69, 9.17) is 14.7 Å². The number of hydrogen-bond acceptors (Lipinski definition) is 4. The van der Waals surface area contributed by atoms with Crippen LogP contribution in [0, 0.1) is 0 Å². The lowest BCUT2D eigenvalue weighted by molar-refractivity contribution is -0.129. The van der Waals surface area contributed by atoms with Gasteiger partial charge in [-0.1, -0.05) is 78.0 Å². The zero-order chi connectivity index (χ0) is 19.8. The molecule has 0 amide bonds. The molecule has 0 radical (unpaired) electrons. The number of ether oxygens (including phenoxy) is 1. The molecule has 0 aliphatic carbocycles. The summed E-state index contributed by atoms with van der Waals surface area (Å²) in [5, 5.41) is 12.7. The van der Waals surface area contributed by atoms with Crippen LogP contribution in [0.5, 0.6) is 5.75 Å². The maximum atomic E-state index is 10.9. The van der Waals surface area contributed by atoms with Crippen molar-refractivity contribution in [1.82, 2.24) is 0 Å². The van der Waals surface area contributed by atoms with E-state index in [9.17, 15) is 4.79 Å². The third-order valence-electron chi connectivity index (χ3n) is 4.46. The van der Waals surface area contributed by atoms with Crippen LogP contribution in [0.25, 0.3) is 0 Å². The van der Waals surface area contributed by atoms with Crippen LogP contribution < -0.4 is 4.74 Å². The first-order valence-electron chi connectivity index (χ1n) is 8.82. The first kappa shape index (κ1) is 19.2. The standard InChI is InChI=1S/C23H21NO4/c1-27-21-14-12-18(13-15-21)16-23(28-24-17-22(25)26,19-8-4-2-5-9-19)20-10-6-3-7-11-20/h2-15,17H,16H2,1H3,(H,25,26)/b24-17+. The average molecular weight is 375 g/mol. The largest absolute Gasteiger partial charge is 0.497 e. The molecule has 0 aliphatic rings. The quantitative estimate of drug-likeness (QED) is 0.472. The second kappa shape index (κ2) is 8.86. The highest BCUT2D eigenvalue weighted by atomic mass is 16.6. The van der Waals surface area contributed by atoms with Gasteiger partial charge in [0.25, 0.3) is 0 Å². The molecule has 0 heterocycles. The lowest BCUT2D eigenvalue weighted by Gasteiger charge is -2.32. The van der Waals surface area contributed by atoms with Crippen molar-refractivity contribution in [3.05, 3.63) is 102 Å². The van der Waals surface area contributed by atoms with Crippen LogP contribution in [0.2, 0.25) is 0 Å². The van der Waals surface area contributed by atoms with Gasteiger partial charge in [-0.15, -0.1) is 0 Å². The Hall–Kier alpha value is -3.60. The molecular weight excluding hydrogens is 354 g/mol. The summed E-state index contributed by atoms with van der Waals surface area (Å²) in [6.45, 7) is 0. The van der Waals surface area contributed by atoms with Gasteiger partial charge in [0.1, 0.15) is 5.75 Å². The second-order valence-corrected chi connectivity index (χ2v) is 6.25. The Morgan fingerprint density at radius 3 is 1.93 bits per heavy atom. The smallest absolute Gasteiger partial charge is 0.350 e. The second-order valence-electron chi connectivity index (χ2n) is 6.25. The van der Waals surface area contributed by atoms with E-state index < -0.39 is 11.6 Å². The number of rotatable bonds is 8. The van der Waals surface area contributed by atoms with Crippen LogP contribution in [0.15, 0.2) is 90.1 Å². The number of hydrogen-bond donors (Lipinski definition) is 1. The van der Waals surface area contributed by atoms with Crippen LogP contribution in [0.4, 0.5) is 0 Å². The Bertz CT molecular complexity index is 882. The van der Waals surface area contributed by atoms with E-state index in [1.54, 1.807) is 7.11 Å². The van der Waals surface area contributed by atoms with Crippen LogP contribution in [-0.4, -0.2) is 24.4 Å². The molecule has 5 nitrogen and oxygen atoms in total. The summed E-state index contributed by atoms with van der Waals surface area (Å²) in [6, 6.07) is 27.0. The molecule has 28 heavy (non-hydrogen) atoms. The highest BCUT2D eigenvalue weighted by molar-refractivity contribution is 6.21. The predicted octanol–water partition coefficient (Wildman–Crippen LogP) is 4.27.